The Morgan fingerprint density at radius 2 is 1.71 bits per heavy atom. The summed E-state index contributed by atoms with van der Waals surface area (Å²) in [4.78, 5) is 0. The molecule has 0 radical (unpaired) electrons. The first-order valence-electron chi connectivity index (χ1n) is 5.09. The lowest BCUT2D eigenvalue weighted by Gasteiger charge is -2.29. The molecule has 76 valence electrons. The first kappa shape index (κ1) is 9.53. The molecule has 0 bridgehead atoms. The molecule has 0 saturated carbocycles. The van der Waals surface area contributed by atoms with Crippen LogP contribution in [0.2, 0.25) is 0 Å². The highest BCUT2D eigenvalue weighted by atomic mass is 16.5. The number of aryl methyl sites for hydroxylation is 3. The quantitative estimate of drug-likeness (QED) is 0.775. The second-order valence-corrected chi connectivity index (χ2v) is 4.15. The molecule has 0 amide bonds. The summed E-state index contributed by atoms with van der Waals surface area (Å²) < 4.78 is 5.15. The van der Waals surface area contributed by atoms with Crippen molar-refractivity contribution in [3.05, 3.63) is 28.8 Å². The van der Waals surface area contributed by atoms with E-state index in [-0.39, 0.29) is 0 Å². The van der Waals surface area contributed by atoms with Crippen LogP contribution in [-0.4, -0.2) is 19.3 Å². The third-order valence-electron chi connectivity index (χ3n) is 2.66. The SMILES string of the molecule is Cc1cc(C)c(NC2COC2)c(C)c1. The molecule has 1 aliphatic rings. The standard InChI is InChI=1S/C12H17NO/c1-8-4-9(2)12(10(3)5-8)13-11-6-14-7-11/h4-5,11,13H,6-7H2,1-3H3. The number of hydrogen-bond acceptors (Lipinski definition) is 2. The van der Waals surface area contributed by atoms with E-state index in [1.807, 2.05) is 0 Å². The van der Waals surface area contributed by atoms with Crippen LogP contribution in [0.1, 0.15) is 16.7 Å². The van der Waals surface area contributed by atoms with Crippen molar-refractivity contribution in [3.8, 4) is 0 Å². The van der Waals surface area contributed by atoms with Gasteiger partial charge in [-0.15, -0.1) is 0 Å². The summed E-state index contributed by atoms with van der Waals surface area (Å²) in [5.74, 6) is 0. The Morgan fingerprint density at radius 1 is 1.14 bits per heavy atom. The summed E-state index contributed by atoms with van der Waals surface area (Å²) in [5, 5.41) is 3.52. The Balaban J connectivity index is 2.22. The molecule has 0 aromatic heterocycles. The van der Waals surface area contributed by atoms with Gasteiger partial charge in [0.15, 0.2) is 0 Å². The van der Waals surface area contributed by atoms with Gasteiger partial charge in [0.2, 0.25) is 0 Å². The molecule has 1 aromatic rings. The minimum Gasteiger partial charge on any atom is -0.377 e. The summed E-state index contributed by atoms with van der Waals surface area (Å²) in [5.41, 5.74) is 5.27. The second kappa shape index (κ2) is 3.62. The summed E-state index contributed by atoms with van der Waals surface area (Å²) in [7, 11) is 0. The molecule has 14 heavy (non-hydrogen) atoms. The van der Waals surface area contributed by atoms with E-state index in [4.69, 9.17) is 4.74 Å². The summed E-state index contributed by atoms with van der Waals surface area (Å²) in [6.45, 7) is 8.12. The molecule has 1 aromatic carbocycles. The Hall–Kier alpha value is -1.02. The van der Waals surface area contributed by atoms with E-state index in [1.54, 1.807) is 0 Å². The molecule has 2 rings (SSSR count). The van der Waals surface area contributed by atoms with E-state index in [2.05, 4.69) is 38.2 Å². The molecule has 1 fully saturated rings. The van der Waals surface area contributed by atoms with Crippen molar-refractivity contribution in [1.82, 2.24) is 0 Å². The maximum absolute atomic E-state index is 5.15. The fourth-order valence-corrected chi connectivity index (χ4v) is 1.93. The predicted molar refractivity (Wildman–Crippen MR) is 58.9 cm³/mol. The fraction of sp³-hybridized carbons (Fsp3) is 0.500. The first-order chi connectivity index (χ1) is 6.66. The summed E-state index contributed by atoms with van der Waals surface area (Å²) in [6.07, 6.45) is 0. The molecule has 1 saturated heterocycles. The molecule has 0 atom stereocenters. The summed E-state index contributed by atoms with van der Waals surface area (Å²) in [6, 6.07) is 4.94. The van der Waals surface area contributed by atoms with Crippen LogP contribution in [0.3, 0.4) is 0 Å². The van der Waals surface area contributed by atoms with E-state index in [1.165, 1.54) is 22.4 Å². The predicted octanol–water partition coefficient (Wildman–Crippen LogP) is 2.42. The van der Waals surface area contributed by atoms with Gasteiger partial charge in [-0.2, -0.15) is 0 Å². The van der Waals surface area contributed by atoms with Crippen LogP contribution in [0, 0.1) is 20.8 Å². The molecule has 0 aliphatic carbocycles. The van der Waals surface area contributed by atoms with Crippen molar-refractivity contribution in [1.29, 1.82) is 0 Å². The third kappa shape index (κ3) is 1.75. The van der Waals surface area contributed by atoms with E-state index < -0.39 is 0 Å². The average molecular weight is 191 g/mol. The number of hydrogen-bond donors (Lipinski definition) is 1. The van der Waals surface area contributed by atoms with Crippen LogP contribution in [-0.2, 0) is 4.74 Å². The van der Waals surface area contributed by atoms with Crippen LogP contribution < -0.4 is 5.32 Å². The van der Waals surface area contributed by atoms with Crippen LogP contribution in [0.15, 0.2) is 12.1 Å². The number of nitrogens with one attached hydrogen (secondary N) is 1. The molecular formula is C12H17NO. The molecule has 0 unspecified atom stereocenters. The van der Waals surface area contributed by atoms with Crippen LogP contribution in [0.25, 0.3) is 0 Å². The molecule has 1 aliphatic heterocycles. The number of rotatable bonds is 2. The molecule has 1 heterocycles. The van der Waals surface area contributed by atoms with E-state index in [0.717, 1.165) is 13.2 Å². The lowest BCUT2D eigenvalue weighted by molar-refractivity contribution is 0.0210. The van der Waals surface area contributed by atoms with Crippen LogP contribution in [0.5, 0.6) is 0 Å². The zero-order chi connectivity index (χ0) is 10.1. The van der Waals surface area contributed by atoms with Crippen molar-refractivity contribution in [3.63, 3.8) is 0 Å². The van der Waals surface area contributed by atoms with E-state index in [0.29, 0.717) is 6.04 Å². The summed E-state index contributed by atoms with van der Waals surface area (Å²) >= 11 is 0. The van der Waals surface area contributed by atoms with Gasteiger partial charge in [-0.25, -0.2) is 0 Å². The monoisotopic (exact) mass is 191 g/mol. The lowest BCUT2D eigenvalue weighted by Crippen LogP contribution is -2.40. The van der Waals surface area contributed by atoms with Gasteiger partial charge in [-0.3, -0.25) is 0 Å². The first-order valence-corrected chi connectivity index (χ1v) is 5.09. The van der Waals surface area contributed by atoms with Gasteiger partial charge in [-0.05, 0) is 31.9 Å². The minimum absolute atomic E-state index is 0.509. The highest BCUT2D eigenvalue weighted by molar-refractivity contribution is 5.58. The Bertz CT molecular complexity index is 319. The number of anilines is 1. The van der Waals surface area contributed by atoms with Crippen molar-refractivity contribution in [2.24, 2.45) is 0 Å². The van der Waals surface area contributed by atoms with Crippen LogP contribution >= 0.6 is 0 Å². The van der Waals surface area contributed by atoms with Gasteiger partial charge in [0.25, 0.3) is 0 Å². The highest BCUT2D eigenvalue weighted by Gasteiger charge is 2.19. The zero-order valence-electron chi connectivity index (χ0n) is 9.05. The largest absolute Gasteiger partial charge is 0.377 e. The van der Waals surface area contributed by atoms with Crippen molar-refractivity contribution in [2.75, 3.05) is 18.5 Å². The fourth-order valence-electron chi connectivity index (χ4n) is 1.93. The maximum Gasteiger partial charge on any atom is 0.0728 e. The third-order valence-corrected chi connectivity index (χ3v) is 2.66. The molecule has 0 spiro atoms. The van der Waals surface area contributed by atoms with E-state index in [9.17, 15) is 0 Å². The van der Waals surface area contributed by atoms with Crippen molar-refractivity contribution < 1.29 is 4.74 Å². The van der Waals surface area contributed by atoms with Crippen molar-refractivity contribution >= 4 is 5.69 Å². The number of ether oxygens (including phenoxy) is 1. The van der Waals surface area contributed by atoms with E-state index >= 15 is 0 Å². The maximum atomic E-state index is 5.15. The van der Waals surface area contributed by atoms with Gasteiger partial charge >= 0.3 is 0 Å². The smallest absolute Gasteiger partial charge is 0.0728 e. The number of benzene rings is 1. The Labute approximate surface area is 85.3 Å². The minimum atomic E-state index is 0.509. The van der Waals surface area contributed by atoms with Crippen molar-refractivity contribution in [2.45, 2.75) is 26.8 Å². The zero-order valence-corrected chi connectivity index (χ0v) is 9.05. The molecule has 2 nitrogen and oxygen atoms in total. The second-order valence-electron chi connectivity index (χ2n) is 4.15. The van der Waals surface area contributed by atoms with Gasteiger partial charge in [0.1, 0.15) is 0 Å². The highest BCUT2D eigenvalue weighted by Crippen LogP contribution is 2.23. The molecular weight excluding hydrogens is 174 g/mol. The van der Waals surface area contributed by atoms with Gasteiger partial charge in [-0.1, -0.05) is 17.7 Å². The van der Waals surface area contributed by atoms with Gasteiger partial charge in [0.05, 0.1) is 19.3 Å². The molecule has 2 heteroatoms. The Kier molecular flexibility index (Phi) is 2.46. The topological polar surface area (TPSA) is 21.3 Å². The average Bonchev–Trinajstić information content (AvgIpc) is 1.98. The Morgan fingerprint density at radius 3 is 2.14 bits per heavy atom. The molecule has 1 N–H and O–H groups in total. The lowest BCUT2D eigenvalue weighted by atomic mass is 10.0. The van der Waals surface area contributed by atoms with Crippen LogP contribution in [0.4, 0.5) is 5.69 Å². The van der Waals surface area contributed by atoms with Gasteiger partial charge < -0.3 is 10.1 Å². The normalized spacial score (nSPS) is 16.5. The van der Waals surface area contributed by atoms with Gasteiger partial charge in [0, 0.05) is 5.69 Å².